The van der Waals surface area contributed by atoms with Gasteiger partial charge < -0.3 is 10.2 Å². The molecule has 1 aliphatic heterocycles. The Balaban J connectivity index is 1.53. The predicted octanol–water partition coefficient (Wildman–Crippen LogP) is 3.92. The summed E-state index contributed by atoms with van der Waals surface area (Å²) in [4.78, 5) is 26.7. The summed E-state index contributed by atoms with van der Waals surface area (Å²) in [7, 11) is 0. The summed E-state index contributed by atoms with van der Waals surface area (Å²) < 4.78 is 26.5. The van der Waals surface area contributed by atoms with Crippen LogP contribution < -0.4 is 5.32 Å². The summed E-state index contributed by atoms with van der Waals surface area (Å²) in [5, 5.41) is 2.69. The number of hydrogen-bond donors (Lipinski definition) is 1. The fraction of sp³-hybridized carbons (Fsp3) is 0.579. The summed E-state index contributed by atoms with van der Waals surface area (Å²) in [6, 6.07) is 1.51. The Morgan fingerprint density at radius 1 is 1.00 bits per heavy atom. The van der Waals surface area contributed by atoms with Gasteiger partial charge >= 0.3 is 0 Å². The quantitative estimate of drug-likeness (QED) is 0.803. The maximum atomic E-state index is 13.4. The Labute approximate surface area is 156 Å². The zero-order valence-electron chi connectivity index (χ0n) is 14.6. The number of carbonyl (C=O) groups is 2. The minimum Gasteiger partial charge on any atom is -0.349 e. The number of hydrogen-bond acceptors (Lipinski definition) is 2. The molecule has 26 heavy (non-hydrogen) atoms. The molecule has 0 bridgehead atoms. The molecule has 1 N–H and O–H groups in total. The van der Waals surface area contributed by atoms with E-state index in [0.717, 1.165) is 37.8 Å². The molecular formula is C19H23ClF2N2O2. The predicted molar refractivity (Wildman–Crippen MR) is 95.0 cm³/mol. The molecule has 0 atom stereocenters. The minimum absolute atomic E-state index is 0.0775. The van der Waals surface area contributed by atoms with Crippen molar-refractivity contribution in [2.45, 2.75) is 51.0 Å². The molecule has 3 rings (SSSR count). The van der Waals surface area contributed by atoms with Gasteiger partial charge in [-0.25, -0.2) is 8.78 Å². The van der Waals surface area contributed by atoms with Crippen molar-refractivity contribution in [2.75, 3.05) is 13.1 Å². The SMILES string of the molecule is O=C(NC1CCN(C(=O)C2CCCCC2)CC1)c1cc(F)c(F)cc1Cl. The second kappa shape index (κ2) is 8.33. The number of nitrogens with one attached hydrogen (secondary N) is 1. The summed E-state index contributed by atoms with van der Waals surface area (Å²) in [6.07, 6.45) is 6.70. The molecule has 1 aromatic carbocycles. The molecule has 142 valence electrons. The van der Waals surface area contributed by atoms with E-state index in [9.17, 15) is 18.4 Å². The van der Waals surface area contributed by atoms with Crippen LogP contribution in [0, 0.1) is 17.6 Å². The van der Waals surface area contributed by atoms with Crippen LogP contribution in [0.25, 0.3) is 0 Å². The van der Waals surface area contributed by atoms with Crippen LogP contribution in [0.1, 0.15) is 55.3 Å². The Bertz CT molecular complexity index is 684. The lowest BCUT2D eigenvalue weighted by Crippen LogP contribution is -2.48. The van der Waals surface area contributed by atoms with Gasteiger partial charge in [0.25, 0.3) is 5.91 Å². The lowest BCUT2D eigenvalue weighted by molar-refractivity contribution is -0.137. The molecule has 2 fully saturated rings. The summed E-state index contributed by atoms with van der Waals surface area (Å²) in [6.45, 7) is 1.21. The molecule has 0 unspecified atom stereocenters. The number of likely N-dealkylation sites (tertiary alicyclic amines) is 1. The van der Waals surface area contributed by atoms with Crippen LogP contribution >= 0.6 is 11.6 Å². The van der Waals surface area contributed by atoms with E-state index < -0.39 is 17.5 Å². The maximum absolute atomic E-state index is 13.4. The Kier molecular flexibility index (Phi) is 6.12. The van der Waals surface area contributed by atoms with Gasteiger partial charge in [0, 0.05) is 25.0 Å². The number of carbonyl (C=O) groups excluding carboxylic acids is 2. The third-order valence-electron chi connectivity index (χ3n) is 5.35. The Hall–Kier alpha value is -1.69. The highest BCUT2D eigenvalue weighted by atomic mass is 35.5. The van der Waals surface area contributed by atoms with Crippen molar-refractivity contribution in [3.8, 4) is 0 Å². The normalized spacial score (nSPS) is 19.4. The van der Waals surface area contributed by atoms with Crippen molar-refractivity contribution >= 4 is 23.4 Å². The lowest BCUT2D eigenvalue weighted by Gasteiger charge is -2.35. The first-order chi connectivity index (χ1) is 12.5. The van der Waals surface area contributed by atoms with Crippen molar-refractivity contribution in [3.05, 3.63) is 34.4 Å². The van der Waals surface area contributed by atoms with E-state index in [2.05, 4.69) is 5.32 Å². The van der Waals surface area contributed by atoms with Gasteiger partial charge in [-0.2, -0.15) is 0 Å². The van der Waals surface area contributed by atoms with Crippen LogP contribution in [-0.4, -0.2) is 35.8 Å². The van der Waals surface area contributed by atoms with Crippen molar-refractivity contribution in [3.63, 3.8) is 0 Å². The molecule has 0 aromatic heterocycles. The molecule has 2 aliphatic rings. The third kappa shape index (κ3) is 4.34. The van der Waals surface area contributed by atoms with Crippen LogP contribution in [0.3, 0.4) is 0 Å². The number of benzene rings is 1. The largest absolute Gasteiger partial charge is 0.349 e. The smallest absolute Gasteiger partial charge is 0.253 e. The molecule has 4 nitrogen and oxygen atoms in total. The topological polar surface area (TPSA) is 49.4 Å². The first kappa shape index (κ1) is 19.1. The summed E-state index contributed by atoms with van der Waals surface area (Å²) >= 11 is 5.84. The second-order valence-electron chi connectivity index (χ2n) is 7.15. The van der Waals surface area contributed by atoms with Gasteiger partial charge in [0.1, 0.15) is 0 Å². The number of rotatable bonds is 3. The van der Waals surface area contributed by atoms with Crippen molar-refractivity contribution in [2.24, 2.45) is 5.92 Å². The van der Waals surface area contributed by atoms with E-state index in [1.54, 1.807) is 0 Å². The average molecular weight is 385 g/mol. The van der Waals surface area contributed by atoms with E-state index in [1.807, 2.05) is 4.90 Å². The van der Waals surface area contributed by atoms with Crippen LogP contribution in [0.4, 0.5) is 8.78 Å². The molecule has 1 aromatic rings. The number of halogens is 3. The number of piperidine rings is 1. The zero-order chi connectivity index (χ0) is 18.7. The minimum atomic E-state index is -1.10. The van der Waals surface area contributed by atoms with E-state index in [-0.39, 0.29) is 28.5 Å². The fourth-order valence-corrected chi connectivity index (χ4v) is 4.05. The highest BCUT2D eigenvalue weighted by Crippen LogP contribution is 2.27. The van der Waals surface area contributed by atoms with Crippen molar-refractivity contribution in [1.29, 1.82) is 0 Å². The Morgan fingerprint density at radius 3 is 2.27 bits per heavy atom. The van der Waals surface area contributed by atoms with Gasteiger partial charge in [-0.3, -0.25) is 9.59 Å². The number of amides is 2. The molecule has 1 aliphatic carbocycles. The molecule has 0 spiro atoms. The van der Waals surface area contributed by atoms with Gasteiger partial charge in [-0.1, -0.05) is 30.9 Å². The van der Waals surface area contributed by atoms with Gasteiger partial charge in [0.05, 0.1) is 10.6 Å². The highest BCUT2D eigenvalue weighted by molar-refractivity contribution is 6.33. The van der Waals surface area contributed by atoms with E-state index in [4.69, 9.17) is 11.6 Å². The van der Waals surface area contributed by atoms with Gasteiger partial charge in [-0.15, -0.1) is 0 Å². The molecular weight excluding hydrogens is 362 g/mol. The summed E-state index contributed by atoms with van der Waals surface area (Å²) in [5.74, 6) is -2.33. The van der Waals surface area contributed by atoms with Gasteiger partial charge in [0.15, 0.2) is 11.6 Å². The molecule has 1 saturated heterocycles. The second-order valence-corrected chi connectivity index (χ2v) is 7.56. The molecule has 2 amide bonds. The third-order valence-corrected chi connectivity index (χ3v) is 5.66. The first-order valence-electron chi connectivity index (χ1n) is 9.20. The van der Waals surface area contributed by atoms with Crippen LogP contribution in [0.2, 0.25) is 5.02 Å². The number of nitrogens with zero attached hydrogens (tertiary/aromatic N) is 1. The average Bonchev–Trinajstić information content (AvgIpc) is 2.65. The summed E-state index contributed by atoms with van der Waals surface area (Å²) in [5.41, 5.74) is -0.0775. The molecule has 7 heteroatoms. The monoisotopic (exact) mass is 384 g/mol. The molecule has 1 saturated carbocycles. The van der Waals surface area contributed by atoms with Crippen molar-refractivity contribution in [1.82, 2.24) is 10.2 Å². The molecule has 0 radical (unpaired) electrons. The van der Waals surface area contributed by atoms with E-state index in [0.29, 0.717) is 25.9 Å². The van der Waals surface area contributed by atoms with Crippen LogP contribution in [-0.2, 0) is 4.79 Å². The maximum Gasteiger partial charge on any atom is 0.253 e. The first-order valence-corrected chi connectivity index (χ1v) is 9.57. The van der Waals surface area contributed by atoms with Gasteiger partial charge in [-0.05, 0) is 37.8 Å². The van der Waals surface area contributed by atoms with E-state index >= 15 is 0 Å². The van der Waals surface area contributed by atoms with Gasteiger partial charge in [0.2, 0.25) is 5.91 Å². The van der Waals surface area contributed by atoms with E-state index in [1.165, 1.54) is 6.42 Å². The van der Waals surface area contributed by atoms with Crippen LogP contribution in [0.5, 0.6) is 0 Å². The fourth-order valence-electron chi connectivity index (χ4n) is 3.81. The standard InChI is InChI=1S/C19H23ClF2N2O2/c20-15-11-17(22)16(21)10-14(15)18(25)23-13-6-8-24(9-7-13)19(26)12-4-2-1-3-5-12/h10-13H,1-9H2,(H,23,25). The Morgan fingerprint density at radius 2 is 1.62 bits per heavy atom. The van der Waals surface area contributed by atoms with Crippen molar-refractivity contribution < 1.29 is 18.4 Å². The lowest BCUT2D eigenvalue weighted by atomic mass is 9.87. The van der Waals surface area contributed by atoms with Crippen LogP contribution in [0.15, 0.2) is 12.1 Å². The molecule has 1 heterocycles. The zero-order valence-corrected chi connectivity index (χ0v) is 15.3. The highest BCUT2D eigenvalue weighted by Gasteiger charge is 2.30.